The van der Waals surface area contributed by atoms with Gasteiger partial charge in [0.05, 0.1) is 0 Å². The number of H-pyrrole nitrogens is 1. The lowest BCUT2D eigenvalue weighted by atomic mass is 10.1. The number of aryl methyl sites for hydroxylation is 1. The number of unbranched alkanes of at least 4 members (excludes halogenated alkanes) is 1. The first-order chi connectivity index (χ1) is 14.0. The van der Waals surface area contributed by atoms with Crippen molar-refractivity contribution in [3.63, 3.8) is 0 Å². The third-order valence-electron chi connectivity index (χ3n) is 5.37. The molecular weight excluding hydrogens is 366 g/mol. The zero-order valence-electron chi connectivity index (χ0n) is 17.4. The smallest absolute Gasteiger partial charge is 0.270 e. The summed E-state index contributed by atoms with van der Waals surface area (Å²) in [6, 6.07) is 5.37. The summed E-state index contributed by atoms with van der Waals surface area (Å²) >= 11 is 0. The molecule has 3 rings (SSSR count). The van der Waals surface area contributed by atoms with Gasteiger partial charge < -0.3 is 15.2 Å². The van der Waals surface area contributed by atoms with Crippen LogP contribution in [0.4, 0.5) is 11.5 Å². The highest BCUT2D eigenvalue weighted by atomic mass is 16.2. The van der Waals surface area contributed by atoms with Crippen LogP contribution in [0.2, 0.25) is 0 Å². The van der Waals surface area contributed by atoms with Crippen LogP contribution in [0, 0.1) is 5.41 Å². The number of piperidine rings is 1. The van der Waals surface area contributed by atoms with Gasteiger partial charge in [-0.25, -0.2) is 0 Å². The third kappa shape index (κ3) is 4.96. The van der Waals surface area contributed by atoms with Crippen molar-refractivity contribution in [1.82, 2.24) is 14.5 Å². The van der Waals surface area contributed by atoms with Gasteiger partial charge in [0.1, 0.15) is 17.0 Å². The average molecular weight is 398 g/mol. The SMILES string of the molecule is CCCCc1cc(C(=O)N2CCCCC2)[nH]c1Nc1ccn(C(=O)CC)c(=N)c1. The Morgan fingerprint density at radius 1 is 1.17 bits per heavy atom. The molecule has 29 heavy (non-hydrogen) atoms. The van der Waals surface area contributed by atoms with Gasteiger partial charge in [0.15, 0.2) is 0 Å². The Morgan fingerprint density at radius 2 is 1.93 bits per heavy atom. The van der Waals surface area contributed by atoms with Crippen molar-refractivity contribution in [2.45, 2.75) is 58.8 Å². The molecular formula is C22H31N5O2. The number of rotatable bonds is 7. The molecule has 2 aromatic heterocycles. The van der Waals surface area contributed by atoms with Gasteiger partial charge in [0.25, 0.3) is 5.91 Å². The van der Waals surface area contributed by atoms with E-state index in [0.29, 0.717) is 17.8 Å². The monoisotopic (exact) mass is 397 g/mol. The minimum absolute atomic E-state index is 0.0520. The van der Waals surface area contributed by atoms with Gasteiger partial charge in [-0.1, -0.05) is 20.3 Å². The zero-order valence-corrected chi connectivity index (χ0v) is 17.4. The number of nitrogens with one attached hydrogen (secondary N) is 3. The average Bonchev–Trinajstić information content (AvgIpc) is 3.14. The highest BCUT2D eigenvalue weighted by Gasteiger charge is 2.21. The minimum atomic E-state index is -0.112. The van der Waals surface area contributed by atoms with Crippen molar-refractivity contribution in [1.29, 1.82) is 5.41 Å². The van der Waals surface area contributed by atoms with E-state index in [4.69, 9.17) is 5.41 Å². The van der Waals surface area contributed by atoms with E-state index in [1.165, 1.54) is 11.0 Å². The summed E-state index contributed by atoms with van der Waals surface area (Å²) in [5, 5.41) is 11.4. The van der Waals surface area contributed by atoms with Crippen LogP contribution in [-0.2, 0) is 6.42 Å². The van der Waals surface area contributed by atoms with Crippen LogP contribution >= 0.6 is 0 Å². The lowest BCUT2D eigenvalue weighted by Gasteiger charge is -2.26. The number of aromatic amines is 1. The molecule has 0 atom stereocenters. The number of hydrogen-bond acceptors (Lipinski definition) is 4. The summed E-state index contributed by atoms with van der Waals surface area (Å²) in [4.78, 5) is 30.0. The fourth-order valence-electron chi connectivity index (χ4n) is 3.67. The van der Waals surface area contributed by atoms with E-state index >= 15 is 0 Å². The number of carbonyl (C=O) groups excluding carboxylic acids is 2. The van der Waals surface area contributed by atoms with E-state index in [-0.39, 0.29) is 17.3 Å². The van der Waals surface area contributed by atoms with Crippen molar-refractivity contribution in [3.05, 3.63) is 41.1 Å². The second-order valence-electron chi connectivity index (χ2n) is 7.58. The molecule has 3 N–H and O–H groups in total. The normalized spacial score (nSPS) is 14.1. The van der Waals surface area contributed by atoms with E-state index in [2.05, 4.69) is 17.2 Å². The number of amides is 1. The minimum Gasteiger partial charge on any atom is -0.341 e. The van der Waals surface area contributed by atoms with E-state index in [9.17, 15) is 9.59 Å². The molecule has 0 saturated carbocycles. The maximum atomic E-state index is 12.9. The topological polar surface area (TPSA) is 94.0 Å². The lowest BCUT2D eigenvalue weighted by Crippen LogP contribution is -2.35. The summed E-state index contributed by atoms with van der Waals surface area (Å²) in [5.74, 6) is 0.730. The maximum Gasteiger partial charge on any atom is 0.270 e. The summed E-state index contributed by atoms with van der Waals surface area (Å²) in [6.45, 7) is 5.56. The highest BCUT2D eigenvalue weighted by molar-refractivity contribution is 5.94. The van der Waals surface area contributed by atoms with Gasteiger partial charge in [-0.05, 0) is 49.8 Å². The number of aromatic nitrogens is 2. The van der Waals surface area contributed by atoms with Gasteiger partial charge in [0.2, 0.25) is 5.91 Å². The van der Waals surface area contributed by atoms with Crippen LogP contribution in [0.15, 0.2) is 24.4 Å². The number of nitrogens with zero attached hydrogens (tertiary/aromatic N) is 2. The maximum absolute atomic E-state index is 12.9. The molecule has 0 aromatic carbocycles. The van der Waals surface area contributed by atoms with Crippen molar-refractivity contribution >= 4 is 23.3 Å². The van der Waals surface area contributed by atoms with Crippen molar-refractivity contribution in [3.8, 4) is 0 Å². The number of anilines is 2. The largest absolute Gasteiger partial charge is 0.341 e. The molecule has 1 aliphatic heterocycles. The summed E-state index contributed by atoms with van der Waals surface area (Å²) < 4.78 is 1.34. The second-order valence-corrected chi connectivity index (χ2v) is 7.58. The number of pyridine rings is 1. The van der Waals surface area contributed by atoms with Gasteiger partial charge in [-0.2, -0.15) is 0 Å². The first-order valence-corrected chi connectivity index (χ1v) is 10.6. The summed E-state index contributed by atoms with van der Waals surface area (Å²) in [6.07, 6.45) is 8.26. The lowest BCUT2D eigenvalue weighted by molar-refractivity contribution is 0.0719. The Labute approximate surface area is 171 Å². The zero-order chi connectivity index (χ0) is 20.8. The molecule has 0 radical (unpaired) electrons. The first kappa shape index (κ1) is 20.9. The molecule has 3 heterocycles. The van der Waals surface area contributed by atoms with Crippen molar-refractivity contribution in [2.24, 2.45) is 0 Å². The standard InChI is InChI=1S/C22H31N5O2/c1-3-5-9-16-14-18(22(29)26-11-7-6-8-12-26)25-21(16)24-17-10-13-27(19(23)15-17)20(28)4-2/h10,13-15,23-25H,3-9,11-12H2,1-2H3. The summed E-state index contributed by atoms with van der Waals surface area (Å²) in [5.41, 5.74) is 2.53. The van der Waals surface area contributed by atoms with Crippen molar-refractivity contribution < 1.29 is 9.59 Å². The fourth-order valence-corrected chi connectivity index (χ4v) is 3.67. The van der Waals surface area contributed by atoms with E-state index in [1.54, 1.807) is 25.3 Å². The number of carbonyl (C=O) groups is 2. The molecule has 0 aliphatic carbocycles. The van der Waals surface area contributed by atoms with Crippen LogP contribution in [0.1, 0.15) is 73.2 Å². The fraction of sp³-hybridized carbons (Fsp3) is 0.500. The van der Waals surface area contributed by atoms with Crippen LogP contribution in [0.5, 0.6) is 0 Å². The molecule has 1 fully saturated rings. The van der Waals surface area contributed by atoms with E-state index in [0.717, 1.165) is 56.6 Å². The van der Waals surface area contributed by atoms with Gasteiger partial charge in [-0.15, -0.1) is 0 Å². The molecule has 0 spiro atoms. The highest BCUT2D eigenvalue weighted by Crippen LogP contribution is 2.24. The molecule has 7 heteroatoms. The third-order valence-corrected chi connectivity index (χ3v) is 5.37. The van der Waals surface area contributed by atoms with Crippen LogP contribution in [0.25, 0.3) is 0 Å². The first-order valence-electron chi connectivity index (χ1n) is 10.6. The predicted molar refractivity (Wildman–Crippen MR) is 114 cm³/mol. The Hall–Kier alpha value is -2.83. The molecule has 156 valence electrons. The molecule has 1 saturated heterocycles. The quantitative estimate of drug-likeness (QED) is 0.658. The molecule has 1 aliphatic rings. The van der Waals surface area contributed by atoms with E-state index in [1.807, 2.05) is 11.0 Å². The molecule has 0 unspecified atom stereocenters. The van der Waals surface area contributed by atoms with Gasteiger partial charge in [0, 0.05) is 37.5 Å². The van der Waals surface area contributed by atoms with Crippen LogP contribution in [0.3, 0.4) is 0 Å². The Kier molecular flexibility index (Phi) is 6.90. The number of hydrogen-bond donors (Lipinski definition) is 3. The Balaban J connectivity index is 1.84. The van der Waals surface area contributed by atoms with Crippen LogP contribution in [-0.4, -0.2) is 39.4 Å². The predicted octanol–water partition coefficient (Wildman–Crippen LogP) is 4.06. The Morgan fingerprint density at radius 3 is 2.59 bits per heavy atom. The summed E-state index contributed by atoms with van der Waals surface area (Å²) in [7, 11) is 0. The number of likely N-dealkylation sites (tertiary alicyclic amines) is 1. The van der Waals surface area contributed by atoms with Crippen molar-refractivity contribution in [2.75, 3.05) is 18.4 Å². The van der Waals surface area contributed by atoms with Crippen LogP contribution < -0.4 is 10.8 Å². The molecule has 1 amide bonds. The molecule has 7 nitrogen and oxygen atoms in total. The van der Waals surface area contributed by atoms with E-state index < -0.39 is 0 Å². The molecule has 2 aromatic rings. The second kappa shape index (κ2) is 9.58. The van der Waals surface area contributed by atoms with Gasteiger partial charge >= 0.3 is 0 Å². The van der Waals surface area contributed by atoms with Gasteiger partial charge in [-0.3, -0.25) is 19.6 Å². The Bertz CT molecular complexity index is 922. The molecule has 0 bridgehead atoms.